The van der Waals surface area contributed by atoms with E-state index in [1.54, 1.807) is 19.1 Å². The van der Waals surface area contributed by atoms with E-state index in [2.05, 4.69) is 6.07 Å². The van der Waals surface area contributed by atoms with Crippen LogP contribution in [0.25, 0.3) is 0 Å². The number of methoxy groups -OCH3 is 1. The van der Waals surface area contributed by atoms with Crippen molar-refractivity contribution in [1.82, 2.24) is 4.90 Å². The maximum absolute atomic E-state index is 12.3. The van der Waals surface area contributed by atoms with Crippen LogP contribution in [0.15, 0.2) is 0 Å². The van der Waals surface area contributed by atoms with Crippen molar-refractivity contribution in [2.24, 2.45) is 5.41 Å². The molecule has 0 aliphatic heterocycles. The van der Waals surface area contributed by atoms with Crippen molar-refractivity contribution < 1.29 is 9.53 Å². The Kier molecular flexibility index (Phi) is 7.56. The molecule has 0 bridgehead atoms. The van der Waals surface area contributed by atoms with Crippen molar-refractivity contribution in [3.63, 3.8) is 0 Å². The van der Waals surface area contributed by atoms with Crippen LogP contribution in [-0.4, -0.2) is 38.1 Å². The second-order valence-electron chi connectivity index (χ2n) is 4.41. The van der Waals surface area contributed by atoms with Gasteiger partial charge in [0.1, 0.15) is 5.41 Å². The smallest absolute Gasteiger partial charge is 0.242 e. The Morgan fingerprint density at radius 1 is 1.35 bits per heavy atom. The third-order valence-electron chi connectivity index (χ3n) is 2.95. The molecule has 0 unspecified atom stereocenters. The average molecular weight is 240 g/mol. The summed E-state index contributed by atoms with van der Waals surface area (Å²) in [6.45, 7) is 5.04. The van der Waals surface area contributed by atoms with Crippen molar-refractivity contribution in [2.45, 2.75) is 39.5 Å². The van der Waals surface area contributed by atoms with Gasteiger partial charge < -0.3 is 9.64 Å². The number of nitriles is 1. The molecule has 0 heterocycles. The minimum atomic E-state index is -0.841. The Morgan fingerprint density at radius 3 is 2.24 bits per heavy atom. The van der Waals surface area contributed by atoms with Crippen LogP contribution in [-0.2, 0) is 9.53 Å². The van der Waals surface area contributed by atoms with Gasteiger partial charge in [-0.25, -0.2) is 0 Å². The lowest BCUT2D eigenvalue weighted by Gasteiger charge is -2.29. The second-order valence-corrected chi connectivity index (χ2v) is 4.41. The van der Waals surface area contributed by atoms with E-state index < -0.39 is 5.41 Å². The predicted molar refractivity (Wildman–Crippen MR) is 67.4 cm³/mol. The first-order chi connectivity index (χ1) is 8.07. The van der Waals surface area contributed by atoms with Crippen LogP contribution in [0, 0.1) is 16.7 Å². The number of carbonyl (C=O) groups is 1. The molecular weight excluding hydrogens is 216 g/mol. The van der Waals surface area contributed by atoms with E-state index >= 15 is 0 Å². The lowest BCUT2D eigenvalue weighted by molar-refractivity contribution is -0.139. The molecule has 0 saturated carbocycles. The summed E-state index contributed by atoms with van der Waals surface area (Å²) in [4.78, 5) is 13.9. The SMILES string of the molecule is CCCC(C#N)(CCC)C(=O)N(C)CCOC. The first-order valence-corrected chi connectivity index (χ1v) is 6.23. The number of likely N-dealkylation sites (N-methyl/N-ethyl adjacent to an activating group) is 1. The maximum atomic E-state index is 12.3. The first kappa shape index (κ1) is 15.9. The molecule has 0 aliphatic carbocycles. The molecule has 4 heteroatoms. The molecule has 0 rings (SSSR count). The van der Waals surface area contributed by atoms with Gasteiger partial charge in [-0.05, 0) is 12.8 Å². The normalized spacial score (nSPS) is 11.0. The zero-order valence-corrected chi connectivity index (χ0v) is 11.5. The fourth-order valence-corrected chi connectivity index (χ4v) is 2.05. The van der Waals surface area contributed by atoms with E-state index in [-0.39, 0.29) is 5.91 Å². The molecule has 98 valence electrons. The van der Waals surface area contributed by atoms with E-state index in [4.69, 9.17) is 4.74 Å². The number of nitrogens with zero attached hydrogens (tertiary/aromatic N) is 2. The molecule has 17 heavy (non-hydrogen) atoms. The zero-order valence-electron chi connectivity index (χ0n) is 11.5. The number of hydrogen-bond acceptors (Lipinski definition) is 3. The highest BCUT2D eigenvalue weighted by atomic mass is 16.5. The molecule has 1 amide bonds. The number of carbonyl (C=O) groups excluding carboxylic acids is 1. The van der Waals surface area contributed by atoms with Crippen LogP contribution in [0.1, 0.15) is 39.5 Å². The lowest BCUT2D eigenvalue weighted by atomic mass is 9.79. The van der Waals surface area contributed by atoms with E-state index in [9.17, 15) is 10.1 Å². The van der Waals surface area contributed by atoms with Crippen molar-refractivity contribution in [2.75, 3.05) is 27.3 Å². The van der Waals surface area contributed by atoms with E-state index in [1.807, 2.05) is 13.8 Å². The molecule has 0 spiro atoms. The summed E-state index contributed by atoms with van der Waals surface area (Å²) in [5.41, 5.74) is -0.841. The van der Waals surface area contributed by atoms with Gasteiger partial charge in [-0.2, -0.15) is 5.26 Å². The molecule has 0 aromatic carbocycles. The fraction of sp³-hybridized carbons (Fsp3) is 0.846. The van der Waals surface area contributed by atoms with Gasteiger partial charge >= 0.3 is 0 Å². The lowest BCUT2D eigenvalue weighted by Crippen LogP contribution is -2.42. The van der Waals surface area contributed by atoms with Gasteiger partial charge in [0.2, 0.25) is 5.91 Å². The molecule has 0 aromatic heterocycles. The van der Waals surface area contributed by atoms with Gasteiger partial charge in [0, 0.05) is 20.7 Å². The van der Waals surface area contributed by atoms with Gasteiger partial charge in [-0.3, -0.25) is 4.79 Å². The molecule has 4 nitrogen and oxygen atoms in total. The Balaban J connectivity index is 4.79. The number of amides is 1. The summed E-state index contributed by atoms with van der Waals surface area (Å²) in [5, 5.41) is 9.35. The average Bonchev–Trinajstić information content (AvgIpc) is 2.34. The molecule has 0 N–H and O–H groups in total. The van der Waals surface area contributed by atoms with E-state index in [0.717, 1.165) is 12.8 Å². The Hall–Kier alpha value is -1.08. The van der Waals surface area contributed by atoms with Crippen LogP contribution < -0.4 is 0 Å². The molecule has 0 saturated heterocycles. The quantitative estimate of drug-likeness (QED) is 0.653. The summed E-state index contributed by atoms with van der Waals surface area (Å²) in [6.07, 6.45) is 2.95. The second kappa shape index (κ2) is 8.08. The van der Waals surface area contributed by atoms with Crippen molar-refractivity contribution in [1.29, 1.82) is 5.26 Å². The van der Waals surface area contributed by atoms with Gasteiger partial charge in [0.25, 0.3) is 0 Å². The third-order valence-corrected chi connectivity index (χ3v) is 2.95. The van der Waals surface area contributed by atoms with Crippen LogP contribution in [0.5, 0.6) is 0 Å². The first-order valence-electron chi connectivity index (χ1n) is 6.23. The number of ether oxygens (including phenoxy) is 1. The largest absolute Gasteiger partial charge is 0.383 e. The highest BCUT2D eigenvalue weighted by molar-refractivity contribution is 5.85. The fourth-order valence-electron chi connectivity index (χ4n) is 2.05. The summed E-state index contributed by atoms with van der Waals surface area (Å²) in [5.74, 6) is -0.0687. The summed E-state index contributed by atoms with van der Waals surface area (Å²) in [6, 6.07) is 2.24. The Morgan fingerprint density at radius 2 is 1.88 bits per heavy atom. The molecule has 0 aliphatic rings. The van der Waals surface area contributed by atoms with Crippen molar-refractivity contribution in [3.8, 4) is 6.07 Å². The number of rotatable bonds is 8. The van der Waals surface area contributed by atoms with Crippen LogP contribution in [0.4, 0.5) is 0 Å². The summed E-state index contributed by atoms with van der Waals surface area (Å²) in [7, 11) is 3.34. The van der Waals surface area contributed by atoms with Crippen LogP contribution in [0.2, 0.25) is 0 Å². The monoisotopic (exact) mass is 240 g/mol. The predicted octanol–water partition coefficient (Wildman–Crippen LogP) is 2.20. The van der Waals surface area contributed by atoms with Crippen LogP contribution in [0.3, 0.4) is 0 Å². The third kappa shape index (κ3) is 4.35. The summed E-state index contributed by atoms with van der Waals surface area (Å²) >= 11 is 0. The van der Waals surface area contributed by atoms with Crippen molar-refractivity contribution in [3.05, 3.63) is 0 Å². The minimum absolute atomic E-state index is 0.0687. The molecule has 0 radical (unpaired) electrons. The van der Waals surface area contributed by atoms with Crippen molar-refractivity contribution >= 4 is 5.91 Å². The van der Waals surface area contributed by atoms with Gasteiger partial charge in [-0.15, -0.1) is 0 Å². The maximum Gasteiger partial charge on any atom is 0.242 e. The van der Waals surface area contributed by atoms with Gasteiger partial charge in [0.15, 0.2) is 0 Å². The molecule has 0 fully saturated rings. The minimum Gasteiger partial charge on any atom is -0.383 e. The van der Waals surface area contributed by atoms with E-state index in [0.29, 0.717) is 26.0 Å². The van der Waals surface area contributed by atoms with Gasteiger partial charge in [-0.1, -0.05) is 26.7 Å². The zero-order chi connectivity index (χ0) is 13.3. The highest BCUT2D eigenvalue weighted by Crippen LogP contribution is 2.31. The van der Waals surface area contributed by atoms with Crippen LogP contribution >= 0.6 is 0 Å². The standard InChI is InChI=1S/C13H24N2O2/c1-5-7-13(11-14,8-6-2)12(16)15(3)9-10-17-4/h5-10H2,1-4H3. The Labute approximate surface area is 105 Å². The highest BCUT2D eigenvalue weighted by Gasteiger charge is 2.38. The van der Waals surface area contributed by atoms with Gasteiger partial charge in [0.05, 0.1) is 12.7 Å². The number of hydrogen-bond donors (Lipinski definition) is 0. The molecular formula is C13H24N2O2. The molecule has 0 aromatic rings. The summed E-state index contributed by atoms with van der Waals surface area (Å²) < 4.78 is 4.95. The topological polar surface area (TPSA) is 53.3 Å². The molecule has 0 atom stereocenters. The Bertz CT molecular complexity index is 265. The van der Waals surface area contributed by atoms with E-state index in [1.165, 1.54) is 0 Å².